The van der Waals surface area contributed by atoms with Crippen molar-refractivity contribution in [2.45, 2.75) is 30.4 Å². The minimum absolute atomic E-state index is 0.550. The number of benzene rings is 15. The summed E-state index contributed by atoms with van der Waals surface area (Å²) < 4.78 is 0. The Balaban J connectivity index is 0.000000145. The maximum absolute atomic E-state index is 10.3. The fourth-order valence-corrected chi connectivity index (χ4v) is 19.9. The quantitative estimate of drug-likeness (QED) is 0.141. The number of rotatable bonds is 9. The first-order valence-electron chi connectivity index (χ1n) is 36.8. The molecule has 0 bridgehead atoms. The van der Waals surface area contributed by atoms with Crippen LogP contribution in [0.25, 0.3) is 123 Å². The van der Waals surface area contributed by atoms with Gasteiger partial charge in [0.2, 0.25) is 0 Å². The Hall–Kier alpha value is -13.9. The average Bonchev–Trinajstić information content (AvgIpc) is 1.50. The van der Waals surface area contributed by atoms with E-state index in [9.17, 15) is 10.5 Å². The summed E-state index contributed by atoms with van der Waals surface area (Å²) in [6, 6.07) is 137. The van der Waals surface area contributed by atoms with Crippen LogP contribution >= 0.6 is 23.5 Å². The van der Waals surface area contributed by atoms with E-state index in [1.54, 1.807) is 0 Å². The molecule has 0 N–H and O–H groups in total. The summed E-state index contributed by atoms with van der Waals surface area (Å²) in [5.74, 6) is 1.39. The summed E-state index contributed by atoms with van der Waals surface area (Å²) in [7, 11) is 0. The van der Waals surface area contributed by atoms with Gasteiger partial charge in [-0.25, -0.2) is 19.9 Å². The van der Waals surface area contributed by atoms with Gasteiger partial charge in [-0.2, -0.15) is 10.5 Å². The number of aromatic nitrogens is 4. The summed E-state index contributed by atoms with van der Waals surface area (Å²) in [4.78, 5) is 25.7. The molecule has 21 rings (SSSR count). The van der Waals surface area contributed by atoms with Crippen LogP contribution in [0.4, 0.5) is 0 Å². The lowest BCUT2D eigenvalue weighted by Crippen LogP contribution is -2.32. The molecule has 6 nitrogen and oxygen atoms in total. The van der Waals surface area contributed by atoms with E-state index in [1.807, 2.05) is 96.3 Å². The zero-order valence-corrected chi connectivity index (χ0v) is 60.9. The van der Waals surface area contributed by atoms with Gasteiger partial charge in [0.05, 0.1) is 56.9 Å². The van der Waals surface area contributed by atoms with E-state index in [-0.39, 0.29) is 0 Å². The first-order valence-corrected chi connectivity index (χ1v) is 38.5. The third-order valence-corrected chi connectivity index (χ3v) is 24.5. The van der Waals surface area contributed by atoms with Gasteiger partial charge in [0.15, 0.2) is 11.6 Å². The molecule has 2 atom stereocenters. The predicted octanol–water partition coefficient (Wildman–Crippen LogP) is 25.4. The number of hydrogen-bond donors (Lipinski definition) is 0. The van der Waals surface area contributed by atoms with Gasteiger partial charge in [0, 0.05) is 58.5 Å². The van der Waals surface area contributed by atoms with E-state index in [0.29, 0.717) is 22.8 Å². The average molecular weight is 1440 g/mol. The molecule has 0 saturated heterocycles. The second kappa shape index (κ2) is 27.2. The lowest BCUT2D eigenvalue weighted by Gasteiger charge is -2.40. The molecule has 15 aromatic carbocycles. The third kappa shape index (κ3) is 10.7. The Morgan fingerprint density at radius 3 is 1.08 bits per heavy atom. The Morgan fingerprint density at radius 1 is 0.227 bits per heavy atom. The third-order valence-electron chi connectivity index (χ3n) is 22.1. The van der Waals surface area contributed by atoms with Gasteiger partial charge in [-0.1, -0.05) is 357 Å². The Kier molecular flexibility index (Phi) is 16.2. The number of hydrogen-bond acceptors (Lipinski definition) is 8. The van der Waals surface area contributed by atoms with E-state index >= 15 is 0 Å². The molecule has 4 heterocycles. The van der Waals surface area contributed by atoms with Crippen LogP contribution < -0.4 is 0 Å². The van der Waals surface area contributed by atoms with Crippen molar-refractivity contribution in [2.75, 3.05) is 0 Å². The van der Waals surface area contributed by atoms with Crippen LogP contribution in [0.3, 0.4) is 0 Å². The lowest BCUT2D eigenvalue weighted by molar-refractivity contribution is 0.723. The summed E-state index contributed by atoms with van der Waals surface area (Å²) in [6.07, 6.45) is 0. The minimum atomic E-state index is -0.588. The van der Waals surface area contributed by atoms with Gasteiger partial charge >= 0.3 is 0 Å². The molecule has 0 amide bonds. The highest BCUT2D eigenvalue weighted by Gasteiger charge is 2.53. The zero-order chi connectivity index (χ0) is 73.3. The van der Waals surface area contributed by atoms with Crippen LogP contribution in [0.2, 0.25) is 0 Å². The molecule has 2 unspecified atom stereocenters. The van der Waals surface area contributed by atoms with Crippen molar-refractivity contribution in [1.82, 2.24) is 19.9 Å². The summed E-state index contributed by atoms with van der Waals surface area (Å²) in [6.45, 7) is 0. The molecule has 2 aliphatic carbocycles. The molecular formula is C102H62N6S2. The molecule has 512 valence electrons. The van der Waals surface area contributed by atoms with Crippen LogP contribution in [0.1, 0.15) is 55.6 Å². The molecule has 2 spiro atoms. The molecule has 17 aromatic rings. The summed E-state index contributed by atoms with van der Waals surface area (Å²) in [5.41, 5.74) is 31.3. The first-order chi connectivity index (χ1) is 54.4. The maximum atomic E-state index is 10.3. The highest BCUT2D eigenvalue weighted by molar-refractivity contribution is 8.00. The van der Waals surface area contributed by atoms with Gasteiger partial charge in [-0.15, -0.1) is 0 Å². The van der Waals surface area contributed by atoms with E-state index in [0.717, 1.165) is 88.9 Å². The highest BCUT2D eigenvalue weighted by Crippen LogP contribution is 2.66. The summed E-state index contributed by atoms with van der Waals surface area (Å²) in [5, 5.41) is 19.9. The molecule has 8 heteroatoms. The minimum Gasteiger partial charge on any atom is -0.228 e. The predicted molar refractivity (Wildman–Crippen MR) is 445 cm³/mol. The molecule has 0 radical (unpaired) electrons. The van der Waals surface area contributed by atoms with Crippen molar-refractivity contribution in [3.63, 3.8) is 0 Å². The molecule has 2 aromatic heterocycles. The summed E-state index contributed by atoms with van der Waals surface area (Å²) >= 11 is 3.65. The van der Waals surface area contributed by atoms with Crippen molar-refractivity contribution in [2.24, 2.45) is 0 Å². The zero-order valence-electron chi connectivity index (χ0n) is 59.3. The fourth-order valence-electron chi connectivity index (χ4n) is 17.2. The van der Waals surface area contributed by atoms with Crippen LogP contribution in [0.15, 0.2) is 396 Å². The van der Waals surface area contributed by atoms with Crippen LogP contribution in [-0.4, -0.2) is 19.9 Å². The van der Waals surface area contributed by atoms with Crippen molar-refractivity contribution in [3.05, 3.63) is 432 Å². The molecule has 4 aliphatic rings. The highest BCUT2D eigenvalue weighted by atomic mass is 32.2. The Labute approximate surface area is 647 Å². The van der Waals surface area contributed by atoms with Gasteiger partial charge in [0.25, 0.3) is 0 Å². The van der Waals surface area contributed by atoms with Gasteiger partial charge in [-0.3, -0.25) is 0 Å². The van der Waals surface area contributed by atoms with E-state index in [2.05, 4.69) is 315 Å². The molecular weight excluding hydrogens is 1370 g/mol. The molecule has 2 aliphatic heterocycles. The Morgan fingerprint density at radius 2 is 0.564 bits per heavy atom. The topological polar surface area (TPSA) is 99.1 Å². The second-order valence-electron chi connectivity index (χ2n) is 28.0. The maximum Gasteiger partial charge on any atom is 0.161 e. The normalized spacial score (nSPS) is 14.7. The van der Waals surface area contributed by atoms with Gasteiger partial charge in [-0.05, 0) is 137 Å². The van der Waals surface area contributed by atoms with E-state index in [4.69, 9.17) is 19.9 Å². The number of fused-ring (bicyclic) bond motifs is 18. The number of nitriles is 2. The largest absolute Gasteiger partial charge is 0.228 e. The van der Waals surface area contributed by atoms with Crippen LogP contribution in [0, 0.1) is 22.7 Å². The van der Waals surface area contributed by atoms with E-state index in [1.165, 1.54) is 87.0 Å². The number of nitrogens with zero attached hydrogens (tertiary/aromatic N) is 6. The first kappa shape index (κ1) is 65.6. The SMILES string of the molecule is N#Cc1ccc(-c2cccc3c2-c2ccccc2C32c3ccccc3Sc3c(-c4nc(-c5ccccc5)cc(-c5ccc(-c6ccccc6)cc5)n4)cccc32)cc1.N#Cc1cccc2c1-c1ccccc1C21c2ccccc2Sc2c(-c3ccc(-c4nc(-c5ccccc5)cc(-c5ccccc5)n4)cc3)cccc21. The van der Waals surface area contributed by atoms with Crippen molar-refractivity contribution in [3.8, 4) is 136 Å². The van der Waals surface area contributed by atoms with Crippen molar-refractivity contribution in [1.29, 1.82) is 10.5 Å². The molecule has 110 heavy (non-hydrogen) atoms. The van der Waals surface area contributed by atoms with E-state index < -0.39 is 10.8 Å². The fraction of sp³-hybridized carbons (Fsp3) is 0.0196. The van der Waals surface area contributed by atoms with Crippen molar-refractivity contribution < 1.29 is 0 Å². The lowest BCUT2D eigenvalue weighted by atomic mass is 9.67. The molecule has 0 fully saturated rings. The van der Waals surface area contributed by atoms with Crippen molar-refractivity contribution >= 4 is 23.5 Å². The van der Waals surface area contributed by atoms with Gasteiger partial charge < -0.3 is 0 Å². The molecule has 0 saturated carbocycles. The monoisotopic (exact) mass is 1430 g/mol. The van der Waals surface area contributed by atoms with Crippen LogP contribution in [-0.2, 0) is 10.8 Å². The Bertz CT molecular complexity index is 6540. The van der Waals surface area contributed by atoms with Gasteiger partial charge in [0.1, 0.15) is 0 Å². The standard InChI is InChI=1S/C54H33N3S.C48H29N3S/c55-34-35-25-27-38(28-26-35)41-18-11-22-46-51(41)42-17-7-8-20-44(42)54(46)45-21-9-10-24-50(45)58-52-43(19-12-23-47(52)54)53-56-48(39-15-5-2-6-16-39)33-49(57-53)40-31-29-37(30-32-40)36-13-3-1-4-14-36;49-30-35-17-11-22-40-45(35)37-18-7-8-20-38(37)48(40)39-21-9-10-24-44(39)52-46-36(19-12-23-41(46)48)31-25-27-34(28-26-31)47-50-42(32-13-3-1-4-14-32)29-43(51-47)33-15-5-2-6-16-33/h1-33H;1-29H. The smallest absolute Gasteiger partial charge is 0.161 e. The van der Waals surface area contributed by atoms with Crippen LogP contribution in [0.5, 0.6) is 0 Å². The second-order valence-corrected chi connectivity index (χ2v) is 30.1.